The Morgan fingerprint density at radius 1 is 0.968 bits per heavy atom. The van der Waals surface area contributed by atoms with Gasteiger partial charge in [0.2, 0.25) is 5.91 Å². The topological polar surface area (TPSA) is 89.6 Å². The van der Waals surface area contributed by atoms with E-state index >= 15 is 0 Å². The molecule has 2 aromatic carbocycles. The highest BCUT2D eigenvalue weighted by atomic mass is 16.5. The number of hydrogen-bond donors (Lipinski definition) is 2. The van der Waals surface area contributed by atoms with Gasteiger partial charge in [-0.3, -0.25) is 14.6 Å². The average molecular weight is 419 g/mol. The number of nitrogens with one attached hydrogen (secondary N) is 2. The van der Waals surface area contributed by atoms with Crippen LogP contribution in [0.1, 0.15) is 29.3 Å². The van der Waals surface area contributed by atoms with Gasteiger partial charge >= 0.3 is 0 Å². The lowest BCUT2D eigenvalue weighted by Crippen LogP contribution is -2.13. The van der Waals surface area contributed by atoms with Gasteiger partial charge in [0.15, 0.2) is 11.5 Å². The molecule has 0 aliphatic rings. The number of hydrogen-bond acceptors (Lipinski definition) is 5. The number of amides is 2. The number of carbonyl (C=O) groups is 2. The van der Waals surface area contributed by atoms with Gasteiger partial charge in [0.1, 0.15) is 0 Å². The molecular weight excluding hydrogens is 394 g/mol. The number of rotatable bonds is 9. The van der Waals surface area contributed by atoms with Gasteiger partial charge in [-0.2, -0.15) is 0 Å². The standard InChI is InChI=1S/C24H25N3O4/c1-3-31-21-12-6-17(15-22(21)30-2)7-13-23(28)26-19-8-10-20(11-9-19)27-24(29)18-5-4-14-25-16-18/h4-6,8-12,14-16H,3,7,13H2,1-2H3,(H,26,28)(H,27,29). The largest absolute Gasteiger partial charge is 0.493 e. The Hall–Kier alpha value is -3.87. The summed E-state index contributed by atoms with van der Waals surface area (Å²) in [6.45, 7) is 2.48. The predicted molar refractivity (Wildman–Crippen MR) is 120 cm³/mol. The SMILES string of the molecule is CCOc1ccc(CCC(=O)Nc2ccc(NC(=O)c3cccnc3)cc2)cc1OC. The first-order chi connectivity index (χ1) is 15.1. The van der Waals surface area contributed by atoms with Crippen LogP contribution in [-0.2, 0) is 11.2 Å². The number of carbonyl (C=O) groups excluding carboxylic acids is 2. The van der Waals surface area contributed by atoms with Crippen LogP contribution in [0.2, 0.25) is 0 Å². The van der Waals surface area contributed by atoms with Crippen molar-refractivity contribution in [3.05, 3.63) is 78.1 Å². The summed E-state index contributed by atoms with van der Waals surface area (Å²) < 4.78 is 10.9. The molecule has 3 rings (SSSR count). The molecule has 1 heterocycles. The van der Waals surface area contributed by atoms with Crippen LogP contribution in [-0.4, -0.2) is 30.5 Å². The maximum absolute atomic E-state index is 12.3. The van der Waals surface area contributed by atoms with Crippen LogP contribution < -0.4 is 20.1 Å². The summed E-state index contributed by atoms with van der Waals surface area (Å²) in [5, 5.41) is 5.66. The quantitative estimate of drug-likeness (QED) is 0.539. The summed E-state index contributed by atoms with van der Waals surface area (Å²) in [5.74, 6) is 1.01. The van der Waals surface area contributed by atoms with E-state index in [1.807, 2.05) is 25.1 Å². The smallest absolute Gasteiger partial charge is 0.257 e. The Bertz CT molecular complexity index is 1020. The van der Waals surface area contributed by atoms with Crippen LogP contribution in [0.5, 0.6) is 11.5 Å². The number of nitrogens with zero attached hydrogens (tertiary/aromatic N) is 1. The number of anilines is 2. The maximum Gasteiger partial charge on any atom is 0.257 e. The third kappa shape index (κ3) is 6.30. The Morgan fingerprint density at radius 3 is 2.35 bits per heavy atom. The van der Waals surface area contributed by atoms with E-state index in [4.69, 9.17) is 9.47 Å². The van der Waals surface area contributed by atoms with Crippen molar-refractivity contribution in [2.45, 2.75) is 19.8 Å². The molecule has 7 nitrogen and oxygen atoms in total. The molecule has 0 aliphatic heterocycles. The van der Waals surface area contributed by atoms with Gasteiger partial charge in [-0.15, -0.1) is 0 Å². The second-order valence-corrected chi connectivity index (χ2v) is 6.74. The number of aromatic nitrogens is 1. The second kappa shape index (κ2) is 10.8. The van der Waals surface area contributed by atoms with Crippen LogP contribution in [0, 0.1) is 0 Å². The number of aryl methyl sites for hydroxylation is 1. The fraction of sp³-hybridized carbons (Fsp3) is 0.208. The molecule has 0 saturated heterocycles. The summed E-state index contributed by atoms with van der Waals surface area (Å²) in [4.78, 5) is 28.4. The molecule has 0 saturated carbocycles. The highest BCUT2D eigenvalue weighted by Crippen LogP contribution is 2.28. The van der Waals surface area contributed by atoms with Gasteiger partial charge in [-0.1, -0.05) is 6.07 Å². The Balaban J connectivity index is 1.51. The van der Waals surface area contributed by atoms with Crippen molar-refractivity contribution in [1.82, 2.24) is 4.98 Å². The first kappa shape index (κ1) is 21.8. The Morgan fingerprint density at radius 2 is 1.71 bits per heavy atom. The molecule has 2 N–H and O–H groups in total. The van der Waals surface area contributed by atoms with E-state index in [1.54, 1.807) is 49.7 Å². The van der Waals surface area contributed by atoms with Crippen LogP contribution in [0.15, 0.2) is 67.0 Å². The van der Waals surface area contributed by atoms with Gasteiger partial charge in [-0.05, 0) is 67.4 Å². The first-order valence-electron chi connectivity index (χ1n) is 10.00. The molecule has 0 unspecified atom stereocenters. The molecule has 2 amide bonds. The lowest BCUT2D eigenvalue weighted by molar-refractivity contribution is -0.116. The summed E-state index contributed by atoms with van der Waals surface area (Å²) in [7, 11) is 1.59. The van der Waals surface area contributed by atoms with E-state index in [9.17, 15) is 9.59 Å². The van der Waals surface area contributed by atoms with Crippen molar-refractivity contribution >= 4 is 23.2 Å². The summed E-state index contributed by atoms with van der Waals surface area (Å²) in [5.41, 5.74) is 2.76. The summed E-state index contributed by atoms with van der Waals surface area (Å²) >= 11 is 0. The summed E-state index contributed by atoms with van der Waals surface area (Å²) in [6.07, 6.45) is 4.02. The molecule has 0 radical (unpaired) electrons. The molecule has 1 aromatic heterocycles. The zero-order valence-electron chi connectivity index (χ0n) is 17.6. The van der Waals surface area contributed by atoms with E-state index in [-0.39, 0.29) is 11.8 Å². The van der Waals surface area contributed by atoms with Crippen LogP contribution in [0.25, 0.3) is 0 Å². The van der Waals surface area contributed by atoms with Gasteiger partial charge in [0.25, 0.3) is 5.91 Å². The zero-order chi connectivity index (χ0) is 22.1. The van der Waals surface area contributed by atoms with Gasteiger partial charge in [0, 0.05) is 30.2 Å². The molecule has 7 heteroatoms. The Labute approximate surface area is 181 Å². The maximum atomic E-state index is 12.3. The van der Waals surface area contributed by atoms with E-state index in [0.29, 0.717) is 47.9 Å². The fourth-order valence-electron chi connectivity index (χ4n) is 2.96. The third-order valence-electron chi connectivity index (χ3n) is 4.52. The van der Waals surface area contributed by atoms with Crippen molar-refractivity contribution in [3.63, 3.8) is 0 Å². The molecule has 3 aromatic rings. The number of benzene rings is 2. The lowest BCUT2D eigenvalue weighted by Gasteiger charge is -2.11. The molecule has 31 heavy (non-hydrogen) atoms. The van der Waals surface area contributed by atoms with Gasteiger partial charge in [0.05, 0.1) is 19.3 Å². The molecule has 0 aliphatic carbocycles. The minimum Gasteiger partial charge on any atom is -0.493 e. The molecule has 0 fully saturated rings. The van der Waals surface area contributed by atoms with E-state index < -0.39 is 0 Å². The van der Waals surface area contributed by atoms with E-state index in [1.165, 1.54) is 6.20 Å². The average Bonchev–Trinajstić information content (AvgIpc) is 2.80. The van der Waals surface area contributed by atoms with E-state index in [0.717, 1.165) is 5.56 Å². The fourth-order valence-corrected chi connectivity index (χ4v) is 2.96. The normalized spacial score (nSPS) is 10.3. The highest BCUT2D eigenvalue weighted by Gasteiger charge is 2.09. The zero-order valence-corrected chi connectivity index (χ0v) is 17.6. The predicted octanol–water partition coefficient (Wildman–Crippen LogP) is 4.31. The minimum absolute atomic E-state index is 0.0972. The van der Waals surface area contributed by atoms with E-state index in [2.05, 4.69) is 15.6 Å². The monoisotopic (exact) mass is 419 g/mol. The highest BCUT2D eigenvalue weighted by molar-refractivity contribution is 6.04. The lowest BCUT2D eigenvalue weighted by atomic mass is 10.1. The van der Waals surface area contributed by atoms with Gasteiger partial charge in [-0.25, -0.2) is 0 Å². The van der Waals surface area contributed by atoms with Gasteiger partial charge < -0.3 is 20.1 Å². The number of methoxy groups -OCH3 is 1. The van der Waals surface area contributed by atoms with Crippen molar-refractivity contribution in [2.24, 2.45) is 0 Å². The molecule has 160 valence electrons. The number of ether oxygens (including phenoxy) is 2. The first-order valence-corrected chi connectivity index (χ1v) is 10.00. The Kier molecular flexibility index (Phi) is 7.59. The second-order valence-electron chi connectivity index (χ2n) is 6.74. The molecule has 0 spiro atoms. The van der Waals surface area contributed by atoms with Crippen molar-refractivity contribution in [3.8, 4) is 11.5 Å². The van der Waals surface area contributed by atoms with Crippen LogP contribution in [0.4, 0.5) is 11.4 Å². The molecule has 0 atom stereocenters. The van der Waals surface area contributed by atoms with Crippen LogP contribution in [0.3, 0.4) is 0 Å². The summed E-state index contributed by atoms with van der Waals surface area (Å²) in [6, 6.07) is 16.0. The molecule has 0 bridgehead atoms. The van der Waals surface area contributed by atoms with Crippen LogP contribution >= 0.6 is 0 Å². The number of pyridine rings is 1. The molecular formula is C24H25N3O4. The van der Waals surface area contributed by atoms with Crippen molar-refractivity contribution < 1.29 is 19.1 Å². The minimum atomic E-state index is -0.240. The van der Waals surface area contributed by atoms with Crippen molar-refractivity contribution in [2.75, 3.05) is 24.4 Å². The third-order valence-corrected chi connectivity index (χ3v) is 4.52. The van der Waals surface area contributed by atoms with Crippen molar-refractivity contribution in [1.29, 1.82) is 0 Å².